The molecule has 1 fully saturated rings. The van der Waals surface area contributed by atoms with E-state index in [-0.39, 0.29) is 12.1 Å². The first-order valence-electron chi connectivity index (χ1n) is 9.37. The number of nitrogens with one attached hydrogen (secondary N) is 1. The van der Waals surface area contributed by atoms with Gasteiger partial charge in [0.2, 0.25) is 11.7 Å². The zero-order chi connectivity index (χ0) is 20.2. The van der Waals surface area contributed by atoms with Crippen LogP contribution in [0.15, 0.2) is 53.1 Å². The molecule has 1 aromatic heterocycles. The first kappa shape index (κ1) is 18.8. The van der Waals surface area contributed by atoms with E-state index in [0.717, 1.165) is 29.9 Å². The van der Waals surface area contributed by atoms with Gasteiger partial charge in [0.1, 0.15) is 17.5 Å². The summed E-state index contributed by atoms with van der Waals surface area (Å²) in [6, 6.07) is 14.2. The highest BCUT2D eigenvalue weighted by Crippen LogP contribution is 2.33. The summed E-state index contributed by atoms with van der Waals surface area (Å²) >= 11 is 0. The average molecular weight is 394 g/mol. The smallest absolute Gasteiger partial charge is 0.322 e. The van der Waals surface area contributed by atoms with Crippen molar-refractivity contribution in [3.63, 3.8) is 0 Å². The quantitative estimate of drug-likeness (QED) is 0.700. The lowest BCUT2D eigenvalue weighted by Gasteiger charge is -2.22. The number of amides is 2. The van der Waals surface area contributed by atoms with Crippen molar-refractivity contribution in [2.45, 2.75) is 18.9 Å². The number of urea groups is 1. The summed E-state index contributed by atoms with van der Waals surface area (Å²) < 4.78 is 15.9. The number of anilines is 1. The highest BCUT2D eigenvalue weighted by Gasteiger charge is 2.34. The molecule has 0 bridgehead atoms. The Labute approximate surface area is 168 Å². The normalized spacial score (nSPS) is 15.9. The number of hydrogen-bond donors (Lipinski definition) is 1. The maximum absolute atomic E-state index is 12.8. The fraction of sp³-hybridized carbons (Fsp3) is 0.286. The molecule has 8 heteroatoms. The predicted molar refractivity (Wildman–Crippen MR) is 107 cm³/mol. The van der Waals surface area contributed by atoms with Gasteiger partial charge >= 0.3 is 6.03 Å². The number of aromatic nitrogens is 2. The Hall–Kier alpha value is -3.55. The minimum absolute atomic E-state index is 0.196. The van der Waals surface area contributed by atoms with Crippen LogP contribution in [0.25, 0.3) is 11.4 Å². The summed E-state index contributed by atoms with van der Waals surface area (Å²) in [4.78, 5) is 19.0. The second-order valence-corrected chi connectivity index (χ2v) is 6.70. The third-order valence-electron chi connectivity index (χ3n) is 4.91. The molecule has 0 saturated carbocycles. The van der Waals surface area contributed by atoms with Crippen molar-refractivity contribution in [1.82, 2.24) is 15.0 Å². The van der Waals surface area contributed by atoms with E-state index >= 15 is 0 Å². The van der Waals surface area contributed by atoms with Gasteiger partial charge in [-0.1, -0.05) is 17.3 Å². The topological polar surface area (TPSA) is 89.7 Å². The zero-order valence-electron chi connectivity index (χ0n) is 16.3. The summed E-state index contributed by atoms with van der Waals surface area (Å²) in [5, 5.41) is 7.00. The van der Waals surface area contributed by atoms with E-state index in [1.54, 1.807) is 43.4 Å². The Kier molecular flexibility index (Phi) is 5.33. The molecule has 2 amide bonds. The number of nitrogens with zero attached hydrogens (tertiary/aromatic N) is 3. The minimum atomic E-state index is -0.250. The number of ether oxygens (including phenoxy) is 2. The SMILES string of the molecule is COc1ccc(NC(=O)N2CCC[C@H]2c2nc(-c3cccc(OC)c3)no2)cc1. The van der Waals surface area contributed by atoms with E-state index in [1.807, 2.05) is 24.3 Å². The van der Waals surface area contributed by atoms with Gasteiger partial charge in [-0.05, 0) is 49.2 Å². The van der Waals surface area contributed by atoms with Crippen LogP contribution in [0.1, 0.15) is 24.8 Å². The summed E-state index contributed by atoms with van der Waals surface area (Å²) in [5.41, 5.74) is 1.50. The molecule has 1 N–H and O–H groups in total. The molecule has 0 aliphatic carbocycles. The molecule has 8 nitrogen and oxygen atoms in total. The van der Waals surface area contributed by atoms with Crippen LogP contribution < -0.4 is 14.8 Å². The molecular formula is C21H22N4O4. The van der Waals surface area contributed by atoms with Crippen LogP contribution in [0.3, 0.4) is 0 Å². The largest absolute Gasteiger partial charge is 0.497 e. The Balaban J connectivity index is 1.49. The number of benzene rings is 2. The molecule has 0 spiro atoms. The van der Waals surface area contributed by atoms with Crippen molar-refractivity contribution in [2.75, 3.05) is 26.1 Å². The van der Waals surface area contributed by atoms with Crippen molar-refractivity contribution < 1.29 is 18.8 Å². The third kappa shape index (κ3) is 4.01. The van der Waals surface area contributed by atoms with E-state index in [1.165, 1.54) is 0 Å². The summed E-state index contributed by atoms with van der Waals surface area (Å²) in [7, 11) is 3.21. The predicted octanol–water partition coefficient (Wildman–Crippen LogP) is 4.12. The highest BCUT2D eigenvalue weighted by molar-refractivity contribution is 5.89. The monoisotopic (exact) mass is 394 g/mol. The van der Waals surface area contributed by atoms with Crippen LogP contribution in [0.4, 0.5) is 10.5 Å². The molecule has 0 unspecified atom stereocenters. The van der Waals surface area contributed by atoms with Gasteiger partial charge in [0.05, 0.1) is 14.2 Å². The van der Waals surface area contributed by atoms with Gasteiger partial charge < -0.3 is 24.2 Å². The van der Waals surface area contributed by atoms with Gasteiger partial charge in [-0.3, -0.25) is 0 Å². The van der Waals surface area contributed by atoms with E-state index in [4.69, 9.17) is 14.0 Å². The second kappa shape index (κ2) is 8.22. The lowest BCUT2D eigenvalue weighted by Crippen LogP contribution is -2.34. The minimum Gasteiger partial charge on any atom is -0.497 e. The lowest BCUT2D eigenvalue weighted by molar-refractivity contribution is 0.193. The number of likely N-dealkylation sites (tertiary alicyclic amines) is 1. The molecule has 1 atom stereocenters. The fourth-order valence-corrected chi connectivity index (χ4v) is 3.39. The Morgan fingerprint density at radius 3 is 2.69 bits per heavy atom. The number of hydrogen-bond acceptors (Lipinski definition) is 6. The van der Waals surface area contributed by atoms with Gasteiger partial charge in [-0.15, -0.1) is 0 Å². The van der Waals surface area contributed by atoms with Crippen LogP contribution in [0.5, 0.6) is 11.5 Å². The van der Waals surface area contributed by atoms with Gasteiger partial charge in [-0.25, -0.2) is 4.79 Å². The van der Waals surface area contributed by atoms with Crippen molar-refractivity contribution in [1.29, 1.82) is 0 Å². The van der Waals surface area contributed by atoms with Gasteiger partial charge in [0.15, 0.2) is 0 Å². The zero-order valence-corrected chi connectivity index (χ0v) is 16.3. The number of carbonyl (C=O) groups is 1. The van der Waals surface area contributed by atoms with Crippen LogP contribution in [-0.4, -0.2) is 41.8 Å². The Morgan fingerprint density at radius 1 is 1.14 bits per heavy atom. The lowest BCUT2D eigenvalue weighted by atomic mass is 10.2. The molecule has 1 aliphatic heterocycles. The molecule has 3 aromatic rings. The van der Waals surface area contributed by atoms with E-state index < -0.39 is 0 Å². The van der Waals surface area contributed by atoms with Crippen LogP contribution in [-0.2, 0) is 0 Å². The van der Waals surface area contributed by atoms with E-state index in [2.05, 4.69) is 15.5 Å². The van der Waals surface area contributed by atoms with E-state index in [0.29, 0.717) is 23.9 Å². The van der Waals surface area contributed by atoms with Crippen molar-refractivity contribution in [2.24, 2.45) is 0 Å². The summed E-state index contributed by atoms with van der Waals surface area (Å²) in [6.45, 7) is 0.628. The van der Waals surface area contributed by atoms with Crippen molar-refractivity contribution in [3.8, 4) is 22.9 Å². The van der Waals surface area contributed by atoms with Crippen LogP contribution >= 0.6 is 0 Å². The molecule has 150 valence electrons. The summed E-state index contributed by atoms with van der Waals surface area (Å²) in [5.74, 6) is 2.36. The molecule has 2 heterocycles. The summed E-state index contributed by atoms with van der Waals surface area (Å²) in [6.07, 6.45) is 1.65. The highest BCUT2D eigenvalue weighted by atomic mass is 16.5. The molecule has 4 rings (SSSR count). The average Bonchev–Trinajstić information content (AvgIpc) is 3.44. The van der Waals surface area contributed by atoms with Gasteiger partial charge in [0.25, 0.3) is 0 Å². The molecule has 0 radical (unpaired) electrons. The Bertz CT molecular complexity index is 986. The maximum Gasteiger partial charge on any atom is 0.322 e. The van der Waals surface area contributed by atoms with Gasteiger partial charge in [-0.2, -0.15) is 4.98 Å². The Morgan fingerprint density at radius 2 is 1.93 bits per heavy atom. The third-order valence-corrected chi connectivity index (χ3v) is 4.91. The number of methoxy groups -OCH3 is 2. The van der Waals surface area contributed by atoms with Gasteiger partial charge in [0, 0.05) is 17.8 Å². The first-order valence-corrected chi connectivity index (χ1v) is 9.37. The standard InChI is InChI=1S/C21H22N4O4/c1-27-16-10-8-15(9-11-16)22-21(26)25-12-4-7-18(25)20-23-19(24-29-20)14-5-3-6-17(13-14)28-2/h3,5-6,8-11,13,18H,4,7,12H2,1-2H3,(H,22,26)/t18-/m0/s1. The second-order valence-electron chi connectivity index (χ2n) is 6.70. The van der Waals surface area contributed by atoms with Crippen LogP contribution in [0, 0.1) is 0 Å². The van der Waals surface area contributed by atoms with Crippen molar-refractivity contribution >= 4 is 11.7 Å². The molecule has 1 aliphatic rings. The molecular weight excluding hydrogens is 372 g/mol. The van der Waals surface area contributed by atoms with Crippen LogP contribution in [0.2, 0.25) is 0 Å². The fourth-order valence-electron chi connectivity index (χ4n) is 3.39. The number of carbonyl (C=O) groups excluding carboxylic acids is 1. The first-order chi connectivity index (χ1) is 14.2. The number of rotatable bonds is 5. The van der Waals surface area contributed by atoms with Crippen molar-refractivity contribution in [3.05, 3.63) is 54.4 Å². The maximum atomic E-state index is 12.8. The molecule has 2 aromatic carbocycles. The molecule has 29 heavy (non-hydrogen) atoms. The van der Waals surface area contributed by atoms with E-state index in [9.17, 15) is 4.79 Å². The molecule has 1 saturated heterocycles.